The number of carbonyl (C=O) groups is 2. The molecule has 0 aromatic carbocycles. The summed E-state index contributed by atoms with van der Waals surface area (Å²) in [5, 5.41) is 11.7. The Bertz CT molecular complexity index is 490. The third-order valence-corrected chi connectivity index (χ3v) is 3.34. The summed E-state index contributed by atoms with van der Waals surface area (Å²) in [5.74, 6) is -1.52. The number of carbonyl (C=O) groups excluding carboxylic acids is 1. The molecule has 102 valence electrons. The zero-order valence-electron chi connectivity index (χ0n) is 10.5. The predicted molar refractivity (Wildman–Crippen MR) is 68.9 cm³/mol. The van der Waals surface area contributed by atoms with Gasteiger partial charge in [0.05, 0.1) is 0 Å². The fourth-order valence-electron chi connectivity index (χ4n) is 2.26. The molecule has 0 bridgehead atoms. The summed E-state index contributed by atoms with van der Waals surface area (Å²) in [4.78, 5) is 26.6. The van der Waals surface area contributed by atoms with E-state index in [2.05, 4.69) is 10.3 Å². The van der Waals surface area contributed by atoms with E-state index in [-0.39, 0.29) is 29.4 Å². The van der Waals surface area contributed by atoms with E-state index in [0.717, 1.165) is 25.7 Å². The van der Waals surface area contributed by atoms with Crippen molar-refractivity contribution in [3.8, 4) is 0 Å². The normalized spacial score (nSPS) is 22.8. The summed E-state index contributed by atoms with van der Waals surface area (Å²) in [6.07, 6.45) is 3.88. The number of aromatic nitrogens is 1. The molecule has 2 unspecified atom stereocenters. The first kappa shape index (κ1) is 13.5. The maximum atomic E-state index is 12.0. The molecular formula is C13H17N3O3. The number of nitrogens with one attached hydrogen (secondary N) is 1. The van der Waals surface area contributed by atoms with Gasteiger partial charge in [-0.1, -0.05) is 18.9 Å². The molecule has 0 saturated heterocycles. The highest BCUT2D eigenvalue weighted by Gasteiger charge is 2.24. The molecular weight excluding hydrogens is 246 g/mol. The van der Waals surface area contributed by atoms with Crippen molar-refractivity contribution in [2.24, 2.45) is 5.73 Å². The van der Waals surface area contributed by atoms with Crippen molar-refractivity contribution in [3.63, 3.8) is 0 Å². The van der Waals surface area contributed by atoms with E-state index in [1.54, 1.807) is 0 Å². The number of hydrogen-bond donors (Lipinski definition) is 3. The maximum absolute atomic E-state index is 12.0. The summed E-state index contributed by atoms with van der Waals surface area (Å²) >= 11 is 0. The Labute approximate surface area is 111 Å². The van der Waals surface area contributed by atoms with E-state index in [1.165, 1.54) is 18.2 Å². The lowest BCUT2D eigenvalue weighted by atomic mass is 9.91. The molecule has 2 atom stereocenters. The number of carboxylic acids is 1. The van der Waals surface area contributed by atoms with Crippen LogP contribution in [0.3, 0.4) is 0 Å². The van der Waals surface area contributed by atoms with Crippen molar-refractivity contribution >= 4 is 11.9 Å². The zero-order valence-corrected chi connectivity index (χ0v) is 10.5. The van der Waals surface area contributed by atoms with Crippen LogP contribution in [0.2, 0.25) is 0 Å². The number of hydrogen-bond acceptors (Lipinski definition) is 4. The fraction of sp³-hybridized carbons (Fsp3) is 0.462. The smallest absolute Gasteiger partial charge is 0.354 e. The molecule has 1 amide bonds. The summed E-state index contributed by atoms with van der Waals surface area (Å²) in [7, 11) is 0. The maximum Gasteiger partial charge on any atom is 0.354 e. The molecule has 1 aliphatic rings. The van der Waals surface area contributed by atoms with Crippen LogP contribution in [0.1, 0.15) is 46.7 Å². The molecule has 0 spiro atoms. The predicted octanol–water partition coefficient (Wildman–Crippen LogP) is 0.779. The van der Waals surface area contributed by atoms with Crippen molar-refractivity contribution in [1.82, 2.24) is 10.3 Å². The summed E-state index contributed by atoms with van der Waals surface area (Å²) in [6.45, 7) is 0. The first-order chi connectivity index (χ1) is 9.08. The molecule has 4 N–H and O–H groups in total. The van der Waals surface area contributed by atoms with Crippen molar-refractivity contribution in [1.29, 1.82) is 0 Å². The average Bonchev–Trinajstić information content (AvgIpc) is 2.41. The average molecular weight is 263 g/mol. The molecule has 2 rings (SSSR count). The zero-order chi connectivity index (χ0) is 13.8. The molecule has 19 heavy (non-hydrogen) atoms. The number of pyridine rings is 1. The van der Waals surface area contributed by atoms with Crippen molar-refractivity contribution in [3.05, 3.63) is 29.6 Å². The van der Waals surface area contributed by atoms with Gasteiger partial charge < -0.3 is 16.2 Å². The van der Waals surface area contributed by atoms with Crippen molar-refractivity contribution in [2.45, 2.75) is 37.8 Å². The van der Waals surface area contributed by atoms with E-state index in [0.29, 0.717) is 0 Å². The molecule has 0 radical (unpaired) electrons. The van der Waals surface area contributed by atoms with Crippen LogP contribution in [0.15, 0.2) is 18.2 Å². The Kier molecular flexibility index (Phi) is 4.11. The largest absolute Gasteiger partial charge is 0.477 e. The van der Waals surface area contributed by atoms with Crippen LogP contribution in [0.5, 0.6) is 0 Å². The van der Waals surface area contributed by atoms with Crippen LogP contribution in [-0.2, 0) is 0 Å². The molecule has 0 aliphatic heterocycles. The first-order valence-electron chi connectivity index (χ1n) is 6.34. The van der Waals surface area contributed by atoms with E-state index >= 15 is 0 Å². The van der Waals surface area contributed by atoms with Crippen LogP contribution >= 0.6 is 0 Å². The number of nitrogens with two attached hydrogens (primary N) is 1. The Balaban J connectivity index is 2.07. The third kappa shape index (κ3) is 3.29. The lowest BCUT2D eigenvalue weighted by Crippen LogP contribution is -2.49. The molecule has 1 aliphatic carbocycles. The van der Waals surface area contributed by atoms with Gasteiger partial charge in [-0.2, -0.15) is 0 Å². The number of aromatic carboxylic acids is 1. The quantitative estimate of drug-likeness (QED) is 0.747. The van der Waals surface area contributed by atoms with Gasteiger partial charge in [-0.25, -0.2) is 9.78 Å². The second-order valence-corrected chi connectivity index (χ2v) is 4.74. The van der Waals surface area contributed by atoms with Gasteiger partial charge in [0.1, 0.15) is 11.4 Å². The Morgan fingerprint density at radius 1 is 1.26 bits per heavy atom. The van der Waals surface area contributed by atoms with Gasteiger partial charge in [0.15, 0.2) is 0 Å². The lowest BCUT2D eigenvalue weighted by molar-refractivity contribution is 0.0690. The minimum atomic E-state index is -1.15. The Morgan fingerprint density at radius 3 is 2.63 bits per heavy atom. The van der Waals surface area contributed by atoms with Crippen molar-refractivity contribution < 1.29 is 14.7 Å². The standard InChI is InChI=1S/C13H17N3O3/c14-8-4-1-2-5-9(8)16-12(17)10-6-3-7-11(15-10)13(18)19/h3,6-9H,1-2,4-5,14H2,(H,16,17)(H,18,19). The number of nitrogens with zero attached hydrogens (tertiary/aromatic N) is 1. The molecule has 1 aromatic heterocycles. The molecule has 6 nitrogen and oxygen atoms in total. The number of amides is 1. The van der Waals surface area contributed by atoms with E-state index in [1.807, 2.05) is 0 Å². The minimum Gasteiger partial charge on any atom is -0.477 e. The minimum absolute atomic E-state index is 0.0413. The first-order valence-corrected chi connectivity index (χ1v) is 6.34. The lowest BCUT2D eigenvalue weighted by Gasteiger charge is -2.29. The van der Waals surface area contributed by atoms with Crippen LogP contribution in [0.25, 0.3) is 0 Å². The SMILES string of the molecule is NC1CCCCC1NC(=O)c1cccc(C(=O)O)n1. The monoisotopic (exact) mass is 263 g/mol. The molecule has 1 aromatic rings. The summed E-state index contributed by atoms with van der Waals surface area (Å²) < 4.78 is 0. The molecule has 6 heteroatoms. The van der Waals surface area contributed by atoms with Crippen LogP contribution in [0, 0.1) is 0 Å². The number of carboxylic acid groups (broad SMARTS) is 1. The van der Waals surface area contributed by atoms with E-state index < -0.39 is 5.97 Å². The topological polar surface area (TPSA) is 105 Å². The highest BCUT2D eigenvalue weighted by Crippen LogP contribution is 2.17. The van der Waals surface area contributed by atoms with E-state index in [4.69, 9.17) is 10.8 Å². The van der Waals surface area contributed by atoms with Crippen molar-refractivity contribution in [2.75, 3.05) is 0 Å². The fourth-order valence-corrected chi connectivity index (χ4v) is 2.26. The van der Waals surface area contributed by atoms with Gasteiger partial charge in [0, 0.05) is 12.1 Å². The van der Waals surface area contributed by atoms with Crippen LogP contribution in [0.4, 0.5) is 0 Å². The Hall–Kier alpha value is -1.95. The van der Waals surface area contributed by atoms with Gasteiger partial charge in [-0.05, 0) is 25.0 Å². The van der Waals surface area contributed by atoms with Gasteiger partial charge in [-0.15, -0.1) is 0 Å². The summed E-state index contributed by atoms with van der Waals surface area (Å²) in [6, 6.07) is 4.25. The van der Waals surface area contributed by atoms with Gasteiger partial charge in [0.25, 0.3) is 5.91 Å². The third-order valence-electron chi connectivity index (χ3n) is 3.34. The highest BCUT2D eigenvalue weighted by molar-refractivity contribution is 5.94. The van der Waals surface area contributed by atoms with Crippen LogP contribution in [-0.4, -0.2) is 34.1 Å². The molecule has 1 fully saturated rings. The van der Waals surface area contributed by atoms with Gasteiger partial charge >= 0.3 is 5.97 Å². The highest BCUT2D eigenvalue weighted by atomic mass is 16.4. The second-order valence-electron chi connectivity index (χ2n) is 4.74. The number of rotatable bonds is 3. The van der Waals surface area contributed by atoms with Crippen LogP contribution < -0.4 is 11.1 Å². The second kappa shape index (κ2) is 5.79. The Morgan fingerprint density at radius 2 is 1.95 bits per heavy atom. The van der Waals surface area contributed by atoms with Gasteiger partial charge in [-0.3, -0.25) is 4.79 Å². The van der Waals surface area contributed by atoms with E-state index in [9.17, 15) is 9.59 Å². The molecule has 1 saturated carbocycles. The van der Waals surface area contributed by atoms with Gasteiger partial charge in [0.2, 0.25) is 0 Å². The molecule has 1 heterocycles. The summed E-state index contributed by atoms with van der Waals surface area (Å²) in [5.41, 5.74) is 5.92.